The van der Waals surface area contributed by atoms with Crippen LogP contribution < -0.4 is 10.2 Å². The van der Waals surface area contributed by atoms with E-state index in [0.717, 1.165) is 26.2 Å². The highest BCUT2D eigenvalue weighted by atomic mass is 16.6. The van der Waals surface area contributed by atoms with Gasteiger partial charge in [-0.15, -0.1) is 0 Å². The summed E-state index contributed by atoms with van der Waals surface area (Å²) >= 11 is 0. The predicted molar refractivity (Wildman–Crippen MR) is 75.5 cm³/mol. The summed E-state index contributed by atoms with van der Waals surface area (Å²) in [4.78, 5) is 14.3. The highest BCUT2D eigenvalue weighted by Crippen LogP contribution is 2.17. The molecule has 1 heterocycles. The number of piperazine rings is 1. The highest BCUT2D eigenvalue weighted by Gasteiger charge is 2.18. The molecule has 1 aliphatic heterocycles. The lowest BCUT2D eigenvalue weighted by molar-refractivity contribution is -0.655. The molecule has 0 unspecified atom stereocenters. The number of benzene rings is 1. The van der Waals surface area contributed by atoms with Gasteiger partial charge < -0.3 is 15.0 Å². The highest BCUT2D eigenvalue weighted by molar-refractivity contribution is 5.90. The molecule has 0 atom stereocenters. The molecule has 0 radical (unpaired) electrons. The molecule has 2 rings (SSSR count). The molecule has 4 nitrogen and oxygen atoms in total. The fourth-order valence-electron chi connectivity index (χ4n) is 2.15. The van der Waals surface area contributed by atoms with Crippen LogP contribution in [-0.4, -0.2) is 37.7 Å². The van der Waals surface area contributed by atoms with Gasteiger partial charge in [0.2, 0.25) is 0 Å². The average Bonchev–Trinajstić information content (AvgIpc) is 2.38. The van der Waals surface area contributed by atoms with E-state index in [4.69, 9.17) is 4.74 Å². The first-order valence-electron chi connectivity index (χ1n) is 6.86. The second-order valence-electron chi connectivity index (χ2n) is 5.90. The van der Waals surface area contributed by atoms with Crippen molar-refractivity contribution < 1.29 is 14.8 Å². The van der Waals surface area contributed by atoms with Gasteiger partial charge in [-0.2, -0.15) is 0 Å². The van der Waals surface area contributed by atoms with E-state index in [2.05, 4.69) is 10.2 Å². The van der Waals surface area contributed by atoms with Crippen LogP contribution in [0.4, 0.5) is 5.69 Å². The number of nitrogens with two attached hydrogens (primary N) is 1. The van der Waals surface area contributed by atoms with Crippen LogP contribution in [-0.2, 0) is 4.74 Å². The standard InChI is InChI=1S/C15H22N2O2/c1-15(2,3)19-14(18)12-4-6-13(7-5-12)17-10-8-16-9-11-17/h4-7,16H,8-11H2,1-3H3/p+1. The van der Waals surface area contributed by atoms with E-state index >= 15 is 0 Å². The molecule has 1 aliphatic rings. The Morgan fingerprint density at radius 1 is 1.16 bits per heavy atom. The Labute approximate surface area is 114 Å². The maximum Gasteiger partial charge on any atom is 0.338 e. The van der Waals surface area contributed by atoms with E-state index in [1.54, 1.807) is 0 Å². The molecule has 2 N–H and O–H groups in total. The van der Waals surface area contributed by atoms with Crippen molar-refractivity contribution in [3.8, 4) is 0 Å². The Hall–Kier alpha value is -1.55. The molecule has 19 heavy (non-hydrogen) atoms. The second kappa shape index (κ2) is 5.61. The normalized spacial score (nSPS) is 16.3. The van der Waals surface area contributed by atoms with Crippen LogP contribution in [0.15, 0.2) is 24.3 Å². The van der Waals surface area contributed by atoms with Gasteiger partial charge in [0.15, 0.2) is 0 Å². The molecule has 0 aromatic heterocycles. The molecule has 0 bridgehead atoms. The van der Waals surface area contributed by atoms with Crippen LogP contribution in [0.2, 0.25) is 0 Å². The van der Waals surface area contributed by atoms with Crippen molar-refractivity contribution in [1.29, 1.82) is 0 Å². The summed E-state index contributed by atoms with van der Waals surface area (Å²) in [5.41, 5.74) is 1.35. The van der Waals surface area contributed by atoms with E-state index < -0.39 is 5.60 Å². The molecule has 1 aromatic carbocycles. The Balaban J connectivity index is 2.03. The van der Waals surface area contributed by atoms with Crippen molar-refractivity contribution in [3.05, 3.63) is 29.8 Å². The summed E-state index contributed by atoms with van der Waals surface area (Å²) in [6.45, 7) is 10.0. The summed E-state index contributed by atoms with van der Waals surface area (Å²) < 4.78 is 5.35. The van der Waals surface area contributed by atoms with Gasteiger partial charge in [-0.05, 0) is 45.0 Å². The van der Waals surface area contributed by atoms with Crippen molar-refractivity contribution in [2.75, 3.05) is 31.1 Å². The second-order valence-corrected chi connectivity index (χ2v) is 5.90. The molecule has 0 aliphatic carbocycles. The third-order valence-corrected chi connectivity index (χ3v) is 3.07. The van der Waals surface area contributed by atoms with Gasteiger partial charge in [0, 0.05) is 5.69 Å². The number of esters is 1. The van der Waals surface area contributed by atoms with E-state index in [9.17, 15) is 4.79 Å². The monoisotopic (exact) mass is 263 g/mol. The molecule has 1 fully saturated rings. The van der Waals surface area contributed by atoms with Crippen LogP contribution >= 0.6 is 0 Å². The smallest absolute Gasteiger partial charge is 0.338 e. The van der Waals surface area contributed by atoms with Crippen LogP contribution in [0.25, 0.3) is 0 Å². The van der Waals surface area contributed by atoms with Crippen LogP contribution in [0.1, 0.15) is 31.1 Å². The number of nitrogens with zero attached hydrogens (tertiary/aromatic N) is 1. The summed E-state index contributed by atoms with van der Waals surface area (Å²) in [6, 6.07) is 7.71. The molecule has 0 spiro atoms. The maximum absolute atomic E-state index is 11.9. The molecule has 0 amide bonds. The first kappa shape index (κ1) is 13.9. The molecular weight excluding hydrogens is 240 g/mol. The number of anilines is 1. The van der Waals surface area contributed by atoms with Gasteiger partial charge in [-0.25, -0.2) is 4.79 Å². The van der Waals surface area contributed by atoms with Gasteiger partial charge in [-0.3, -0.25) is 0 Å². The predicted octanol–water partition coefficient (Wildman–Crippen LogP) is 1.03. The first-order chi connectivity index (χ1) is 8.96. The van der Waals surface area contributed by atoms with Gasteiger partial charge in [-0.1, -0.05) is 0 Å². The average molecular weight is 263 g/mol. The Morgan fingerprint density at radius 2 is 1.74 bits per heavy atom. The summed E-state index contributed by atoms with van der Waals surface area (Å²) in [7, 11) is 0. The number of carbonyl (C=O) groups excluding carboxylic acids is 1. The van der Waals surface area contributed by atoms with E-state index in [-0.39, 0.29) is 5.97 Å². The Morgan fingerprint density at radius 3 is 2.26 bits per heavy atom. The van der Waals surface area contributed by atoms with E-state index in [1.807, 2.05) is 45.0 Å². The maximum atomic E-state index is 11.9. The minimum absolute atomic E-state index is 0.258. The van der Waals surface area contributed by atoms with Crippen molar-refractivity contribution >= 4 is 11.7 Å². The number of hydrogen-bond donors (Lipinski definition) is 1. The lowest BCUT2D eigenvalue weighted by Crippen LogP contribution is -2.89. The van der Waals surface area contributed by atoms with Gasteiger partial charge >= 0.3 is 5.97 Å². The Bertz CT molecular complexity index is 428. The molecule has 1 aromatic rings. The van der Waals surface area contributed by atoms with Crippen molar-refractivity contribution in [2.24, 2.45) is 0 Å². The summed E-state index contributed by atoms with van der Waals surface area (Å²) in [6.07, 6.45) is 0. The zero-order valence-corrected chi connectivity index (χ0v) is 12.0. The lowest BCUT2D eigenvalue weighted by atomic mass is 10.1. The fraction of sp³-hybridized carbons (Fsp3) is 0.533. The lowest BCUT2D eigenvalue weighted by Gasteiger charge is -2.27. The molecule has 0 saturated carbocycles. The Kier molecular flexibility index (Phi) is 4.10. The molecule has 1 saturated heterocycles. The topological polar surface area (TPSA) is 46.1 Å². The van der Waals surface area contributed by atoms with Crippen LogP contribution in [0.5, 0.6) is 0 Å². The minimum atomic E-state index is -0.446. The summed E-state index contributed by atoms with van der Waals surface area (Å²) in [5, 5.41) is 2.32. The number of ether oxygens (including phenoxy) is 1. The quantitative estimate of drug-likeness (QED) is 0.811. The number of quaternary nitrogens is 1. The van der Waals surface area contributed by atoms with Gasteiger partial charge in [0.05, 0.1) is 31.7 Å². The van der Waals surface area contributed by atoms with Crippen molar-refractivity contribution in [3.63, 3.8) is 0 Å². The van der Waals surface area contributed by atoms with Crippen LogP contribution in [0, 0.1) is 0 Å². The van der Waals surface area contributed by atoms with Crippen LogP contribution in [0.3, 0.4) is 0 Å². The van der Waals surface area contributed by atoms with E-state index in [0.29, 0.717) is 5.56 Å². The number of hydrogen-bond acceptors (Lipinski definition) is 3. The third-order valence-electron chi connectivity index (χ3n) is 3.07. The number of carbonyl (C=O) groups is 1. The first-order valence-corrected chi connectivity index (χ1v) is 6.86. The van der Waals surface area contributed by atoms with Crippen molar-refractivity contribution in [1.82, 2.24) is 0 Å². The van der Waals surface area contributed by atoms with Gasteiger partial charge in [0.25, 0.3) is 0 Å². The third kappa shape index (κ3) is 3.96. The minimum Gasteiger partial charge on any atom is -0.456 e. The zero-order chi connectivity index (χ0) is 13.9. The molecular formula is C15H23N2O2+. The zero-order valence-electron chi connectivity index (χ0n) is 12.0. The molecule has 104 valence electrons. The SMILES string of the molecule is CC(C)(C)OC(=O)c1ccc(N2CC[NH2+]CC2)cc1. The number of rotatable bonds is 2. The van der Waals surface area contributed by atoms with Gasteiger partial charge in [0.1, 0.15) is 5.60 Å². The largest absolute Gasteiger partial charge is 0.456 e. The summed E-state index contributed by atoms with van der Waals surface area (Å²) in [5.74, 6) is -0.258. The van der Waals surface area contributed by atoms with E-state index in [1.165, 1.54) is 5.69 Å². The molecule has 4 heteroatoms. The van der Waals surface area contributed by atoms with Crippen molar-refractivity contribution in [2.45, 2.75) is 26.4 Å². The fourth-order valence-corrected chi connectivity index (χ4v) is 2.15.